The van der Waals surface area contributed by atoms with Crippen molar-refractivity contribution >= 4 is 6.03 Å². The van der Waals surface area contributed by atoms with Crippen molar-refractivity contribution in [1.82, 2.24) is 15.6 Å². The van der Waals surface area contributed by atoms with Crippen molar-refractivity contribution in [2.45, 2.75) is 26.7 Å². The predicted molar refractivity (Wildman–Crippen MR) is 79.4 cm³/mol. The first-order valence-electron chi connectivity index (χ1n) is 7.14. The highest BCUT2D eigenvalue weighted by Crippen LogP contribution is 2.04. The first kappa shape index (κ1) is 16.4. The Balaban J connectivity index is 2.25. The molecule has 0 aromatic carbocycles. The Bertz CT molecular complexity index is 382. The van der Waals surface area contributed by atoms with Gasteiger partial charge in [-0.2, -0.15) is 0 Å². The Hall–Kier alpha value is -1.62. The van der Waals surface area contributed by atoms with E-state index in [1.54, 1.807) is 6.20 Å². The zero-order valence-electron chi connectivity index (χ0n) is 12.3. The van der Waals surface area contributed by atoms with E-state index in [-0.39, 0.29) is 18.6 Å². The molecule has 3 N–H and O–H groups in total. The third-order valence-electron chi connectivity index (χ3n) is 3.04. The highest BCUT2D eigenvalue weighted by atomic mass is 16.3. The van der Waals surface area contributed by atoms with Crippen molar-refractivity contribution in [1.29, 1.82) is 0 Å². The van der Waals surface area contributed by atoms with Gasteiger partial charge in [-0.15, -0.1) is 0 Å². The van der Waals surface area contributed by atoms with Gasteiger partial charge in [0.25, 0.3) is 0 Å². The Kier molecular flexibility index (Phi) is 7.65. The van der Waals surface area contributed by atoms with Crippen LogP contribution in [0.4, 0.5) is 4.79 Å². The molecule has 1 rings (SSSR count). The van der Waals surface area contributed by atoms with Gasteiger partial charge in [-0.05, 0) is 30.9 Å². The molecule has 0 aliphatic heterocycles. The standard InChI is InChI=1S/C15H25N3O2/c1-12(2)6-8-17-15(20)18-10-13(11-19)9-14-5-3-4-7-16-14/h3-5,7,12-13,19H,6,8-11H2,1-2H3,(H2,17,18,20). The summed E-state index contributed by atoms with van der Waals surface area (Å²) in [6, 6.07) is 5.52. The summed E-state index contributed by atoms with van der Waals surface area (Å²) in [5, 5.41) is 14.9. The zero-order chi connectivity index (χ0) is 14.8. The lowest BCUT2D eigenvalue weighted by Crippen LogP contribution is -2.40. The number of aromatic nitrogens is 1. The summed E-state index contributed by atoms with van der Waals surface area (Å²) < 4.78 is 0. The van der Waals surface area contributed by atoms with E-state index in [0.29, 0.717) is 25.4 Å². The van der Waals surface area contributed by atoms with E-state index in [1.807, 2.05) is 18.2 Å². The third-order valence-corrected chi connectivity index (χ3v) is 3.04. The van der Waals surface area contributed by atoms with Crippen molar-refractivity contribution in [2.24, 2.45) is 11.8 Å². The number of carbonyl (C=O) groups excluding carboxylic acids is 1. The van der Waals surface area contributed by atoms with Gasteiger partial charge in [0.1, 0.15) is 0 Å². The smallest absolute Gasteiger partial charge is 0.314 e. The van der Waals surface area contributed by atoms with Crippen molar-refractivity contribution in [3.63, 3.8) is 0 Å². The number of hydrogen-bond donors (Lipinski definition) is 3. The Morgan fingerprint density at radius 3 is 2.75 bits per heavy atom. The van der Waals surface area contributed by atoms with E-state index in [9.17, 15) is 9.90 Å². The van der Waals surface area contributed by atoms with Gasteiger partial charge in [-0.1, -0.05) is 19.9 Å². The highest BCUT2D eigenvalue weighted by molar-refractivity contribution is 5.73. The van der Waals surface area contributed by atoms with Gasteiger partial charge in [0.05, 0.1) is 0 Å². The molecule has 0 aliphatic carbocycles. The van der Waals surface area contributed by atoms with Crippen molar-refractivity contribution in [2.75, 3.05) is 19.7 Å². The number of nitrogens with one attached hydrogen (secondary N) is 2. The maximum Gasteiger partial charge on any atom is 0.314 e. The molecule has 0 aliphatic rings. The minimum Gasteiger partial charge on any atom is -0.396 e. The summed E-state index contributed by atoms with van der Waals surface area (Å²) in [6.45, 7) is 5.39. The van der Waals surface area contributed by atoms with Crippen LogP contribution in [0.15, 0.2) is 24.4 Å². The molecule has 112 valence electrons. The van der Waals surface area contributed by atoms with E-state index in [0.717, 1.165) is 12.1 Å². The Morgan fingerprint density at radius 1 is 1.35 bits per heavy atom. The number of amides is 2. The molecular formula is C15H25N3O2. The van der Waals surface area contributed by atoms with Gasteiger partial charge in [0, 0.05) is 37.5 Å². The minimum atomic E-state index is -0.176. The molecule has 20 heavy (non-hydrogen) atoms. The molecular weight excluding hydrogens is 254 g/mol. The molecule has 0 spiro atoms. The number of nitrogens with zero attached hydrogens (tertiary/aromatic N) is 1. The van der Waals surface area contributed by atoms with Crippen LogP contribution in [0, 0.1) is 11.8 Å². The molecule has 5 nitrogen and oxygen atoms in total. The summed E-state index contributed by atoms with van der Waals surface area (Å²) >= 11 is 0. The van der Waals surface area contributed by atoms with Crippen LogP contribution in [0.5, 0.6) is 0 Å². The molecule has 0 saturated carbocycles. The fourth-order valence-corrected chi connectivity index (χ4v) is 1.79. The van der Waals surface area contributed by atoms with E-state index in [2.05, 4.69) is 29.5 Å². The number of carbonyl (C=O) groups is 1. The average Bonchev–Trinajstić information content (AvgIpc) is 2.44. The SMILES string of the molecule is CC(C)CCNC(=O)NCC(CO)Cc1ccccn1. The fraction of sp³-hybridized carbons (Fsp3) is 0.600. The lowest BCUT2D eigenvalue weighted by molar-refractivity contribution is 0.213. The van der Waals surface area contributed by atoms with E-state index in [1.165, 1.54) is 0 Å². The number of pyridine rings is 1. The van der Waals surface area contributed by atoms with Crippen LogP contribution in [0.25, 0.3) is 0 Å². The second kappa shape index (κ2) is 9.31. The van der Waals surface area contributed by atoms with Crippen LogP contribution in [-0.4, -0.2) is 35.8 Å². The first-order chi connectivity index (χ1) is 9.61. The van der Waals surface area contributed by atoms with E-state index in [4.69, 9.17) is 0 Å². The van der Waals surface area contributed by atoms with Gasteiger partial charge in [-0.25, -0.2) is 4.79 Å². The largest absolute Gasteiger partial charge is 0.396 e. The van der Waals surface area contributed by atoms with Gasteiger partial charge in [-0.3, -0.25) is 4.98 Å². The molecule has 2 amide bonds. The van der Waals surface area contributed by atoms with Crippen molar-refractivity contribution < 1.29 is 9.90 Å². The van der Waals surface area contributed by atoms with Crippen LogP contribution in [0.2, 0.25) is 0 Å². The summed E-state index contributed by atoms with van der Waals surface area (Å²) in [7, 11) is 0. The normalized spacial score (nSPS) is 12.2. The van der Waals surface area contributed by atoms with Gasteiger partial charge >= 0.3 is 6.03 Å². The monoisotopic (exact) mass is 279 g/mol. The molecule has 1 aromatic heterocycles. The van der Waals surface area contributed by atoms with Crippen molar-refractivity contribution in [3.8, 4) is 0 Å². The number of aliphatic hydroxyl groups excluding tert-OH is 1. The van der Waals surface area contributed by atoms with Crippen LogP contribution in [-0.2, 0) is 6.42 Å². The number of aliphatic hydroxyl groups is 1. The molecule has 1 atom stereocenters. The quantitative estimate of drug-likeness (QED) is 0.676. The number of rotatable bonds is 8. The maximum absolute atomic E-state index is 11.6. The summed E-state index contributed by atoms with van der Waals surface area (Å²) in [6.07, 6.45) is 3.35. The van der Waals surface area contributed by atoms with Crippen LogP contribution in [0.3, 0.4) is 0 Å². The van der Waals surface area contributed by atoms with Gasteiger partial charge in [0.2, 0.25) is 0 Å². The lowest BCUT2D eigenvalue weighted by Gasteiger charge is -2.15. The molecule has 5 heteroatoms. The molecule has 0 fully saturated rings. The van der Waals surface area contributed by atoms with Crippen molar-refractivity contribution in [3.05, 3.63) is 30.1 Å². The Labute approximate surface area is 120 Å². The summed E-state index contributed by atoms with van der Waals surface area (Å²) in [5.74, 6) is 0.561. The summed E-state index contributed by atoms with van der Waals surface area (Å²) in [5.41, 5.74) is 0.925. The fourth-order valence-electron chi connectivity index (χ4n) is 1.79. The molecule has 1 heterocycles. The molecule has 0 radical (unpaired) electrons. The zero-order valence-corrected chi connectivity index (χ0v) is 12.3. The van der Waals surface area contributed by atoms with Gasteiger partial charge in [0.15, 0.2) is 0 Å². The molecule has 0 bridgehead atoms. The first-order valence-corrected chi connectivity index (χ1v) is 7.14. The van der Waals surface area contributed by atoms with Gasteiger partial charge < -0.3 is 15.7 Å². The van der Waals surface area contributed by atoms with Crippen LogP contribution >= 0.6 is 0 Å². The van der Waals surface area contributed by atoms with Crippen LogP contribution < -0.4 is 10.6 Å². The predicted octanol–water partition coefficient (Wildman–Crippen LogP) is 1.58. The minimum absolute atomic E-state index is 0.0132. The maximum atomic E-state index is 11.6. The van der Waals surface area contributed by atoms with E-state index >= 15 is 0 Å². The van der Waals surface area contributed by atoms with E-state index < -0.39 is 0 Å². The summed E-state index contributed by atoms with van der Waals surface area (Å²) in [4.78, 5) is 15.8. The number of urea groups is 1. The molecule has 0 saturated heterocycles. The third kappa shape index (κ3) is 7.09. The second-order valence-corrected chi connectivity index (χ2v) is 5.39. The molecule has 1 aromatic rings. The topological polar surface area (TPSA) is 74.2 Å². The van der Waals surface area contributed by atoms with Crippen LogP contribution in [0.1, 0.15) is 26.0 Å². The second-order valence-electron chi connectivity index (χ2n) is 5.39. The highest BCUT2D eigenvalue weighted by Gasteiger charge is 2.11. The molecule has 1 unspecified atom stereocenters. The average molecular weight is 279 g/mol. The number of hydrogen-bond acceptors (Lipinski definition) is 3. The lowest BCUT2D eigenvalue weighted by atomic mass is 10.0. The Morgan fingerprint density at radius 2 is 2.15 bits per heavy atom.